The van der Waals surface area contributed by atoms with Gasteiger partial charge in [-0.1, -0.05) is 90.7 Å². The van der Waals surface area contributed by atoms with Crippen LogP contribution >= 0.6 is 0 Å². The van der Waals surface area contributed by atoms with Crippen LogP contribution in [-0.2, 0) is 9.47 Å². The van der Waals surface area contributed by atoms with Crippen molar-refractivity contribution in [3.05, 3.63) is 107 Å². The zero-order chi connectivity index (χ0) is 41.3. The third-order valence-corrected chi connectivity index (χ3v) is 11.8. The maximum absolute atomic E-state index is 13.1. The fraction of sp³-hybridized carbons (Fsp3) is 0.490. The molecule has 0 amide bonds. The molecule has 0 radical (unpaired) electrons. The molecule has 0 saturated carbocycles. The first-order chi connectivity index (χ1) is 28.9. The summed E-state index contributed by atoms with van der Waals surface area (Å²) in [6, 6.07) is 25.8. The van der Waals surface area contributed by atoms with Crippen molar-refractivity contribution in [1.82, 2.24) is 0 Å². The number of esters is 2. The molecule has 0 N–H and O–H groups in total. The summed E-state index contributed by atoms with van der Waals surface area (Å²) in [5.74, 6) is 1.68. The van der Waals surface area contributed by atoms with E-state index < -0.39 is 11.9 Å². The minimum Gasteiger partial charge on any atom is -0.494 e. The number of unbranched alkanes of at least 4 members (excludes halogenated alkanes) is 10. The molecule has 1 fully saturated rings. The predicted octanol–water partition coefficient (Wildman–Crippen LogP) is 12.5. The van der Waals surface area contributed by atoms with Gasteiger partial charge in [0.2, 0.25) is 0 Å². The minimum absolute atomic E-state index is 0.0672. The summed E-state index contributed by atoms with van der Waals surface area (Å²) in [7, 11) is 0. The second-order valence-corrected chi connectivity index (χ2v) is 16.3. The second-order valence-electron chi connectivity index (χ2n) is 16.3. The molecule has 1 heterocycles. The quantitative estimate of drug-likeness (QED) is 0.0352. The van der Waals surface area contributed by atoms with Gasteiger partial charge in [-0.3, -0.25) is 0 Å². The summed E-state index contributed by atoms with van der Waals surface area (Å²) < 4.78 is 34.8. The van der Waals surface area contributed by atoms with Gasteiger partial charge in [0, 0.05) is 17.9 Å². The normalized spacial score (nSPS) is 14.9. The highest BCUT2D eigenvalue weighted by atomic mass is 16.5. The van der Waals surface area contributed by atoms with Gasteiger partial charge in [0.05, 0.1) is 44.2 Å². The summed E-state index contributed by atoms with van der Waals surface area (Å²) in [4.78, 5) is 26.3. The zero-order valence-corrected chi connectivity index (χ0v) is 35.6. The highest BCUT2D eigenvalue weighted by Gasteiger charge is 2.37. The van der Waals surface area contributed by atoms with E-state index in [2.05, 4.69) is 20.8 Å². The summed E-state index contributed by atoms with van der Waals surface area (Å²) in [6.07, 6.45) is 16.6. The van der Waals surface area contributed by atoms with Crippen molar-refractivity contribution in [1.29, 1.82) is 0 Å². The standard InChI is InChI=1S/C51H64O8/c1-4-7-8-9-10-11-12-13-14-15-31-56-40-22-18-38(19-23-40)49(52)58-42-26-28-45-46-29-27-43(34-48(46)44(5-2)47(45)33-42)59-50(53)39-20-24-41(25-21-39)57-32-17-16-30-54-35-51(6-3)36-55-37-51/h18-29,33-34,44H,4-17,30-32,35-37H2,1-3H3. The molecule has 4 aromatic rings. The Morgan fingerprint density at radius 3 is 1.44 bits per heavy atom. The van der Waals surface area contributed by atoms with E-state index in [1.807, 2.05) is 48.5 Å². The van der Waals surface area contributed by atoms with Crippen LogP contribution in [0.3, 0.4) is 0 Å². The maximum Gasteiger partial charge on any atom is 0.343 e. The van der Waals surface area contributed by atoms with Crippen LogP contribution in [0.1, 0.15) is 148 Å². The lowest BCUT2D eigenvalue weighted by atomic mass is 9.84. The first-order valence-corrected chi connectivity index (χ1v) is 22.3. The smallest absolute Gasteiger partial charge is 0.343 e. The number of fused-ring (bicyclic) bond motifs is 3. The lowest BCUT2D eigenvalue weighted by molar-refractivity contribution is -0.150. The summed E-state index contributed by atoms with van der Waals surface area (Å²) in [5, 5.41) is 0. The molecular weight excluding hydrogens is 741 g/mol. The average Bonchev–Trinajstić information content (AvgIpc) is 3.55. The van der Waals surface area contributed by atoms with Crippen LogP contribution in [0.4, 0.5) is 0 Å². The molecule has 4 aromatic carbocycles. The Morgan fingerprint density at radius 1 is 0.559 bits per heavy atom. The molecule has 0 aromatic heterocycles. The fourth-order valence-corrected chi connectivity index (χ4v) is 7.93. The Labute approximate surface area is 351 Å². The van der Waals surface area contributed by atoms with Crippen molar-refractivity contribution in [3.63, 3.8) is 0 Å². The van der Waals surface area contributed by atoms with Crippen LogP contribution in [0.15, 0.2) is 84.9 Å². The van der Waals surface area contributed by atoms with Crippen LogP contribution in [0.5, 0.6) is 23.0 Å². The monoisotopic (exact) mass is 804 g/mol. The predicted molar refractivity (Wildman–Crippen MR) is 233 cm³/mol. The van der Waals surface area contributed by atoms with Crippen molar-refractivity contribution < 1.29 is 38.0 Å². The number of rotatable bonds is 26. The number of carbonyl (C=O) groups is 2. The summed E-state index contributed by atoms with van der Waals surface area (Å²) in [5.41, 5.74) is 5.48. The first kappa shape index (κ1) is 43.9. The zero-order valence-electron chi connectivity index (χ0n) is 35.6. The minimum atomic E-state index is -0.429. The molecular formula is C51H64O8. The highest BCUT2D eigenvalue weighted by Crippen LogP contribution is 2.48. The number of benzene rings is 4. The summed E-state index contributed by atoms with van der Waals surface area (Å²) in [6.45, 7) is 10.9. The van der Waals surface area contributed by atoms with E-state index >= 15 is 0 Å². The highest BCUT2D eigenvalue weighted by molar-refractivity contribution is 5.92. The Morgan fingerprint density at radius 2 is 1.00 bits per heavy atom. The van der Waals surface area contributed by atoms with Gasteiger partial charge in [-0.25, -0.2) is 9.59 Å². The Kier molecular flexibility index (Phi) is 16.8. The van der Waals surface area contributed by atoms with Crippen LogP contribution in [0.25, 0.3) is 11.1 Å². The van der Waals surface area contributed by atoms with Gasteiger partial charge in [0.15, 0.2) is 0 Å². The van der Waals surface area contributed by atoms with Gasteiger partial charge in [0.1, 0.15) is 23.0 Å². The third kappa shape index (κ3) is 12.4. The van der Waals surface area contributed by atoms with E-state index in [9.17, 15) is 9.59 Å². The molecule has 8 nitrogen and oxygen atoms in total. The van der Waals surface area contributed by atoms with Gasteiger partial charge in [-0.2, -0.15) is 0 Å². The van der Waals surface area contributed by atoms with Crippen molar-refractivity contribution in [3.8, 4) is 34.1 Å². The van der Waals surface area contributed by atoms with Crippen molar-refractivity contribution >= 4 is 11.9 Å². The Balaban J connectivity index is 0.926. The van der Waals surface area contributed by atoms with E-state index in [1.165, 1.54) is 57.8 Å². The first-order valence-electron chi connectivity index (χ1n) is 22.3. The van der Waals surface area contributed by atoms with Crippen LogP contribution in [0.2, 0.25) is 0 Å². The molecule has 2 aliphatic rings. The number of ether oxygens (including phenoxy) is 6. The van der Waals surface area contributed by atoms with Crippen LogP contribution in [0, 0.1) is 5.41 Å². The number of hydrogen-bond acceptors (Lipinski definition) is 8. The van der Waals surface area contributed by atoms with Crippen molar-refractivity contribution in [2.75, 3.05) is 39.6 Å². The van der Waals surface area contributed by atoms with Crippen molar-refractivity contribution in [2.45, 2.75) is 117 Å². The average molecular weight is 805 g/mol. The van der Waals surface area contributed by atoms with Gasteiger partial charge in [-0.05, 0) is 127 Å². The Hall–Kier alpha value is -4.66. The Bertz CT molecular complexity index is 1910. The molecule has 1 atom stereocenters. The van der Waals surface area contributed by atoms with E-state index in [4.69, 9.17) is 28.4 Å². The SMILES string of the molecule is CCCCCCCCCCCCOc1ccc(C(=O)Oc2ccc3c(c2)C(CC)c2cc(OC(=O)c4ccc(OCCCCOCC5(CC)COC5)cc4)ccc2-3)cc1. The van der Waals surface area contributed by atoms with Gasteiger partial charge < -0.3 is 28.4 Å². The molecule has 1 aliphatic carbocycles. The second kappa shape index (κ2) is 22.6. The van der Waals surface area contributed by atoms with Crippen molar-refractivity contribution in [2.24, 2.45) is 5.41 Å². The molecule has 59 heavy (non-hydrogen) atoms. The molecule has 1 unspecified atom stereocenters. The van der Waals surface area contributed by atoms with Crippen LogP contribution in [-0.4, -0.2) is 51.6 Å². The number of hydrogen-bond donors (Lipinski definition) is 0. The van der Waals surface area contributed by atoms with E-state index in [0.717, 1.165) is 79.9 Å². The lowest BCUT2D eigenvalue weighted by Gasteiger charge is -2.40. The molecule has 1 saturated heterocycles. The van der Waals surface area contributed by atoms with Gasteiger partial charge in [-0.15, -0.1) is 0 Å². The largest absolute Gasteiger partial charge is 0.494 e. The fourth-order valence-electron chi connectivity index (χ4n) is 7.93. The summed E-state index contributed by atoms with van der Waals surface area (Å²) >= 11 is 0. The van der Waals surface area contributed by atoms with Gasteiger partial charge in [0.25, 0.3) is 0 Å². The molecule has 1 aliphatic heterocycles. The lowest BCUT2D eigenvalue weighted by Crippen LogP contribution is -2.45. The molecule has 8 heteroatoms. The molecule has 0 spiro atoms. The third-order valence-electron chi connectivity index (χ3n) is 11.8. The van der Waals surface area contributed by atoms with E-state index in [-0.39, 0.29) is 11.3 Å². The van der Waals surface area contributed by atoms with Gasteiger partial charge >= 0.3 is 11.9 Å². The van der Waals surface area contributed by atoms with Crippen LogP contribution < -0.4 is 18.9 Å². The molecule has 0 bridgehead atoms. The van der Waals surface area contributed by atoms with E-state index in [1.54, 1.807) is 36.4 Å². The number of carbonyl (C=O) groups excluding carboxylic acids is 2. The van der Waals surface area contributed by atoms with E-state index in [0.29, 0.717) is 48.2 Å². The maximum atomic E-state index is 13.1. The molecule has 316 valence electrons. The topological polar surface area (TPSA) is 89.5 Å². The molecule has 6 rings (SSSR count).